The van der Waals surface area contributed by atoms with Crippen LogP contribution in [0.25, 0.3) is 0 Å². The quantitative estimate of drug-likeness (QED) is 0.313. The first kappa shape index (κ1) is 14.2. The van der Waals surface area contributed by atoms with Gasteiger partial charge in [0, 0.05) is 20.1 Å². The first-order valence-electron chi connectivity index (χ1n) is 5.55. The van der Waals surface area contributed by atoms with Crippen molar-refractivity contribution in [3.8, 4) is 0 Å². The molecule has 8 heteroatoms. The molecular weight excluding hydrogens is 244 g/mol. The highest BCUT2D eigenvalue weighted by Gasteiger charge is 2.30. The normalized spacial score (nSPS) is 21.0. The fraction of sp³-hybridized carbons (Fsp3) is 0.889. The maximum absolute atomic E-state index is 12.1. The Kier molecular flexibility index (Phi) is 4.72. The van der Waals surface area contributed by atoms with E-state index in [9.17, 15) is 8.42 Å². The number of likely N-dealkylation sites (N-methyl/N-ethyl adjacent to an activating group) is 1. The number of rotatable bonds is 4. The smallest absolute Gasteiger partial charge is 0.282 e. The van der Waals surface area contributed by atoms with Gasteiger partial charge in [0.2, 0.25) is 0 Å². The van der Waals surface area contributed by atoms with Gasteiger partial charge in [0.1, 0.15) is 0 Å². The lowest BCUT2D eigenvalue weighted by atomic mass is 10.0. The third-order valence-electron chi connectivity index (χ3n) is 2.98. The first-order valence-corrected chi connectivity index (χ1v) is 6.95. The van der Waals surface area contributed by atoms with Crippen LogP contribution in [-0.2, 0) is 10.2 Å². The van der Waals surface area contributed by atoms with E-state index in [-0.39, 0.29) is 12.4 Å². The third kappa shape index (κ3) is 3.55. The van der Waals surface area contributed by atoms with E-state index in [0.29, 0.717) is 19.0 Å². The zero-order valence-electron chi connectivity index (χ0n) is 10.2. The molecule has 0 amide bonds. The molecule has 17 heavy (non-hydrogen) atoms. The standard InChI is InChI=1S/C9H20N4O3S/c1-8-3-5-13(6-4-8)17(15,16)12(2)7-9(10)11-14/h8,14H,3-7H2,1-2H3,(H2,10,11). The van der Waals surface area contributed by atoms with E-state index in [1.807, 2.05) is 0 Å². The lowest BCUT2D eigenvalue weighted by Crippen LogP contribution is -2.47. The van der Waals surface area contributed by atoms with Gasteiger partial charge in [-0.2, -0.15) is 17.0 Å². The molecule has 0 aromatic carbocycles. The van der Waals surface area contributed by atoms with Crippen LogP contribution in [0.1, 0.15) is 19.8 Å². The molecule has 0 unspecified atom stereocenters. The second kappa shape index (κ2) is 5.65. The van der Waals surface area contributed by atoms with Crippen molar-refractivity contribution in [3.05, 3.63) is 0 Å². The molecule has 1 aliphatic heterocycles. The number of oxime groups is 1. The number of nitrogens with zero attached hydrogens (tertiary/aromatic N) is 3. The maximum Gasteiger partial charge on any atom is 0.282 e. The Labute approximate surface area is 102 Å². The Balaban J connectivity index is 2.67. The predicted molar refractivity (Wildman–Crippen MR) is 64.9 cm³/mol. The minimum absolute atomic E-state index is 0.106. The monoisotopic (exact) mass is 264 g/mol. The van der Waals surface area contributed by atoms with Crippen molar-refractivity contribution < 1.29 is 13.6 Å². The number of hydrogen-bond acceptors (Lipinski definition) is 4. The SMILES string of the molecule is CC1CCN(S(=O)(=O)N(C)CC(N)=NO)CC1. The number of amidine groups is 1. The topological polar surface area (TPSA) is 99.2 Å². The van der Waals surface area contributed by atoms with Gasteiger partial charge in [-0.1, -0.05) is 12.1 Å². The average molecular weight is 264 g/mol. The highest BCUT2D eigenvalue weighted by molar-refractivity contribution is 7.86. The van der Waals surface area contributed by atoms with E-state index in [0.717, 1.165) is 17.1 Å². The Morgan fingerprint density at radius 3 is 2.53 bits per heavy atom. The highest BCUT2D eigenvalue weighted by atomic mass is 32.2. The maximum atomic E-state index is 12.1. The lowest BCUT2D eigenvalue weighted by Gasteiger charge is -2.32. The summed E-state index contributed by atoms with van der Waals surface area (Å²) in [5.41, 5.74) is 5.30. The van der Waals surface area contributed by atoms with Crippen LogP contribution in [0.4, 0.5) is 0 Å². The molecular formula is C9H20N4O3S. The molecule has 0 aromatic heterocycles. The molecule has 0 radical (unpaired) electrons. The second-order valence-electron chi connectivity index (χ2n) is 4.44. The fourth-order valence-electron chi connectivity index (χ4n) is 1.75. The van der Waals surface area contributed by atoms with E-state index in [4.69, 9.17) is 10.9 Å². The number of piperidine rings is 1. The van der Waals surface area contributed by atoms with Gasteiger partial charge in [0.15, 0.2) is 5.84 Å². The molecule has 0 bridgehead atoms. The molecule has 0 spiro atoms. The van der Waals surface area contributed by atoms with Gasteiger partial charge in [0.05, 0.1) is 6.54 Å². The van der Waals surface area contributed by atoms with Crippen LogP contribution in [0, 0.1) is 5.92 Å². The molecule has 100 valence electrons. The molecule has 1 heterocycles. The molecule has 0 aliphatic carbocycles. The molecule has 1 aliphatic rings. The Morgan fingerprint density at radius 2 is 2.06 bits per heavy atom. The molecule has 1 fully saturated rings. The van der Waals surface area contributed by atoms with Crippen LogP contribution >= 0.6 is 0 Å². The van der Waals surface area contributed by atoms with Crippen molar-refractivity contribution in [2.75, 3.05) is 26.7 Å². The van der Waals surface area contributed by atoms with Crippen LogP contribution in [0.3, 0.4) is 0 Å². The van der Waals surface area contributed by atoms with Gasteiger partial charge in [0.25, 0.3) is 10.2 Å². The number of hydrogen-bond donors (Lipinski definition) is 2. The Hall–Kier alpha value is -0.860. The van der Waals surface area contributed by atoms with Gasteiger partial charge in [-0.25, -0.2) is 0 Å². The third-order valence-corrected chi connectivity index (χ3v) is 4.91. The Bertz CT molecular complexity index is 374. The summed E-state index contributed by atoms with van der Waals surface area (Å²) in [6, 6.07) is 0. The minimum atomic E-state index is -3.50. The summed E-state index contributed by atoms with van der Waals surface area (Å²) in [5.74, 6) is 0.442. The zero-order valence-corrected chi connectivity index (χ0v) is 11.0. The van der Waals surface area contributed by atoms with E-state index >= 15 is 0 Å². The van der Waals surface area contributed by atoms with Crippen LogP contribution in [0.2, 0.25) is 0 Å². The lowest BCUT2D eigenvalue weighted by molar-refractivity contribution is 0.272. The second-order valence-corrected chi connectivity index (χ2v) is 6.47. The summed E-state index contributed by atoms with van der Waals surface area (Å²) in [6.07, 6.45) is 1.74. The minimum Gasteiger partial charge on any atom is -0.409 e. The van der Waals surface area contributed by atoms with Gasteiger partial charge in [-0.05, 0) is 18.8 Å². The van der Waals surface area contributed by atoms with Crippen LogP contribution < -0.4 is 5.73 Å². The summed E-state index contributed by atoms with van der Waals surface area (Å²) < 4.78 is 26.7. The van der Waals surface area contributed by atoms with E-state index in [2.05, 4.69) is 12.1 Å². The summed E-state index contributed by atoms with van der Waals surface area (Å²) in [7, 11) is -2.07. The van der Waals surface area contributed by atoms with Gasteiger partial charge in [-0.15, -0.1) is 0 Å². The predicted octanol–water partition coefficient (Wildman–Crippen LogP) is -0.359. The number of nitrogens with two attached hydrogens (primary N) is 1. The summed E-state index contributed by atoms with van der Waals surface area (Å²) in [5, 5.41) is 11.2. The van der Waals surface area contributed by atoms with E-state index in [1.54, 1.807) is 0 Å². The molecule has 1 rings (SSSR count). The van der Waals surface area contributed by atoms with Crippen molar-refractivity contribution in [1.82, 2.24) is 8.61 Å². The van der Waals surface area contributed by atoms with Crippen molar-refractivity contribution in [1.29, 1.82) is 0 Å². The van der Waals surface area contributed by atoms with Crippen LogP contribution in [-0.4, -0.2) is 54.8 Å². The highest BCUT2D eigenvalue weighted by Crippen LogP contribution is 2.19. The van der Waals surface area contributed by atoms with Gasteiger partial charge >= 0.3 is 0 Å². The summed E-state index contributed by atoms with van der Waals surface area (Å²) >= 11 is 0. The average Bonchev–Trinajstić information content (AvgIpc) is 2.29. The molecule has 0 atom stereocenters. The van der Waals surface area contributed by atoms with E-state index in [1.165, 1.54) is 11.4 Å². The molecule has 3 N–H and O–H groups in total. The van der Waals surface area contributed by atoms with Gasteiger partial charge < -0.3 is 10.9 Å². The molecule has 7 nitrogen and oxygen atoms in total. The van der Waals surface area contributed by atoms with Crippen molar-refractivity contribution in [2.24, 2.45) is 16.8 Å². The van der Waals surface area contributed by atoms with Crippen LogP contribution in [0.5, 0.6) is 0 Å². The Morgan fingerprint density at radius 1 is 1.53 bits per heavy atom. The van der Waals surface area contributed by atoms with Crippen molar-refractivity contribution in [2.45, 2.75) is 19.8 Å². The van der Waals surface area contributed by atoms with Gasteiger partial charge in [-0.3, -0.25) is 0 Å². The first-order chi connectivity index (χ1) is 7.87. The van der Waals surface area contributed by atoms with Crippen molar-refractivity contribution in [3.63, 3.8) is 0 Å². The fourth-order valence-corrected chi connectivity index (χ4v) is 3.12. The summed E-state index contributed by atoms with van der Waals surface area (Å²) in [6.45, 7) is 3.07. The van der Waals surface area contributed by atoms with E-state index < -0.39 is 10.2 Å². The molecule has 0 aromatic rings. The molecule has 1 saturated heterocycles. The van der Waals surface area contributed by atoms with Crippen LogP contribution in [0.15, 0.2) is 5.16 Å². The summed E-state index contributed by atoms with van der Waals surface area (Å²) in [4.78, 5) is 0. The molecule has 0 saturated carbocycles. The zero-order chi connectivity index (χ0) is 13.1. The van der Waals surface area contributed by atoms with Crippen molar-refractivity contribution >= 4 is 16.0 Å². The largest absolute Gasteiger partial charge is 0.409 e.